The molecule has 4 heteroatoms. The van der Waals surface area contributed by atoms with Crippen molar-refractivity contribution in [3.8, 4) is 0 Å². The monoisotopic (exact) mass is 239 g/mol. The van der Waals surface area contributed by atoms with Gasteiger partial charge in [-0.3, -0.25) is 4.79 Å². The standard InChI is InChI=1S/C13H25N3O/c1-16(2)13(17)9-12(10-14)15-8-7-11-5-3-4-6-11/h5,12,15H,3-4,6-10,14H2,1-2H3. The molecule has 3 N–H and O–H groups in total. The third-order valence-corrected chi connectivity index (χ3v) is 3.22. The summed E-state index contributed by atoms with van der Waals surface area (Å²) in [4.78, 5) is 13.2. The molecule has 1 unspecified atom stereocenters. The Kier molecular flexibility index (Phi) is 6.22. The van der Waals surface area contributed by atoms with Crippen molar-refractivity contribution in [1.29, 1.82) is 0 Å². The fourth-order valence-electron chi connectivity index (χ4n) is 2.03. The molecule has 0 saturated carbocycles. The Bertz CT molecular complexity index is 274. The first kappa shape index (κ1) is 14.2. The smallest absolute Gasteiger partial charge is 0.223 e. The van der Waals surface area contributed by atoms with Gasteiger partial charge in [0.2, 0.25) is 5.91 Å². The maximum atomic E-state index is 11.6. The van der Waals surface area contributed by atoms with Gasteiger partial charge in [-0.05, 0) is 32.2 Å². The SMILES string of the molecule is CN(C)C(=O)CC(CN)NCCC1=CCCC1. The van der Waals surface area contributed by atoms with E-state index in [9.17, 15) is 4.79 Å². The molecule has 0 aromatic carbocycles. The van der Waals surface area contributed by atoms with E-state index in [0.29, 0.717) is 13.0 Å². The van der Waals surface area contributed by atoms with Crippen LogP contribution >= 0.6 is 0 Å². The molecule has 1 aliphatic carbocycles. The van der Waals surface area contributed by atoms with Gasteiger partial charge < -0.3 is 16.0 Å². The summed E-state index contributed by atoms with van der Waals surface area (Å²) >= 11 is 0. The number of nitrogens with zero attached hydrogens (tertiary/aromatic N) is 1. The topological polar surface area (TPSA) is 58.4 Å². The number of allylic oxidation sites excluding steroid dienone is 1. The summed E-state index contributed by atoms with van der Waals surface area (Å²) in [7, 11) is 3.55. The van der Waals surface area contributed by atoms with Crippen LogP contribution in [-0.2, 0) is 4.79 Å². The molecule has 1 atom stereocenters. The highest BCUT2D eigenvalue weighted by Gasteiger charge is 2.13. The average molecular weight is 239 g/mol. The molecule has 1 rings (SSSR count). The van der Waals surface area contributed by atoms with Gasteiger partial charge in [-0.15, -0.1) is 0 Å². The van der Waals surface area contributed by atoms with E-state index >= 15 is 0 Å². The van der Waals surface area contributed by atoms with Crippen molar-refractivity contribution in [1.82, 2.24) is 10.2 Å². The minimum atomic E-state index is 0.104. The Morgan fingerprint density at radius 3 is 2.88 bits per heavy atom. The van der Waals surface area contributed by atoms with Gasteiger partial charge in [0.15, 0.2) is 0 Å². The Hall–Kier alpha value is -0.870. The third kappa shape index (κ3) is 5.33. The Balaban J connectivity index is 2.20. The summed E-state index contributed by atoms with van der Waals surface area (Å²) in [6.45, 7) is 1.44. The molecule has 0 fully saturated rings. The summed E-state index contributed by atoms with van der Waals surface area (Å²) < 4.78 is 0. The van der Waals surface area contributed by atoms with E-state index in [0.717, 1.165) is 13.0 Å². The fourth-order valence-corrected chi connectivity index (χ4v) is 2.03. The van der Waals surface area contributed by atoms with E-state index < -0.39 is 0 Å². The van der Waals surface area contributed by atoms with Crippen molar-refractivity contribution in [2.24, 2.45) is 5.73 Å². The minimum absolute atomic E-state index is 0.104. The van der Waals surface area contributed by atoms with Crippen molar-refractivity contribution in [3.05, 3.63) is 11.6 Å². The second-order valence-electron chi connectivity index (χ2n) is 4.88. The summed E-state index contributed by atoms with van der Waals surface area (Å²) in [6, 6.07) is 0.104. The first-order chi connectivity index (χ1) is 8.13. The zero-order valence-electron chi connectivity index (χ0n) is 11.0. The van der Waals surface area contributed by atoms with Crippen LogP contribution in [0.5, 0.6) is 0 Å². The van der Waals surface area contributed by atoms with Gasteiger partial charge in [-0.2, -0.15) is 0 Å². The quantitative estimate of drug-likeness (QED) is 0.648. The summed E-state index contributed by atoms with van der Waals surface area (Å²) in [5.74, 6) is 0.132. The van der Waals surface area contributed by atoms with Gasteiger partial charge in [0, 0.05) is 33.1 Å². The van der Waals surface area contributed by atoms with Gasteiger partial charge in [-0.25, -0.2) is 0 Å². The first-order valence-corrected chi connectivity index (χ1v) is 6.45. The maximum absolute atomic E-state index is 11.6. The Morgan fingerprint density at radius 1 is 1.59 bits per heavy atom. The van der Waals surface area contributed by atoms with Crippen molar-refractivity contribution < 1.29 is 4.79 Å². The molecule has 0 saturated heterocycles. The van der Waals surface area contributed by atoms with Crippen molar-refractivity contribution >= 4 is 5.91 Å². The van der Waals surface area contributed by atoms with Crippen LogP contribution in [0, 0.1) is 0 Å². The molecular weight excluding hydrogens is 214 g/mol. The number of carbonyl (C=O) groups is 1. The summed E-state index contributed by atoms with van der Waals surface area (Å²) in [6.07, 6.45) is 7.69. The lowest BCUT2D eigenvalue weighted by Gasteiger charge is -2.19. The van der Waals surface area contributed by atoms with Crippen molar-refractivity contribution in [2.45, 2.75) is 38.1 Å². The molecule has 0 radical (unpaired) electrons. The van der Waals surface area contributed by atoms with Crippen molar-refractivity contribution in [2.75, 3.05) is 27.2 Å². The largest absolute Gasteiger partial charge is 0.349 e. The van der Waals surface area contributed by atoms with Crippen LogP contribution in [0.1, 0.15) is 32.1 Å². The zero-order valence-corrected chi connectivity index (χ0v) is 11.0. The van der Waals surface area contributed by atoms with Gasteiger partial charge in [0.05, 0.1) is 0 Å². The minimum Gasteiger partial charge on any atom is -0.349 e. The summed E-state index contributed by atoms with van der Waals surface area (Å²) in [5, 5.41) is 3.37. The third-order valence-electron chi connectivity index (χ3n) is 3.22. The van der Waals surface area contributed by atoms with Crippen LogP contribution in [-0.4, -0.2) is 44.0 Å². The van der Waals surface area contributed by atoms with E-state index in [4.69, 9.17) is 5.73 Å². The number of hydrogen-bond donors (Lipinski definition) is 2. The second-order valence-corrected chi connectivity index (χ2v) is 4.88. The zero-order chi connectivity index (χ0) is 12.7. The van der Waals surface area contributed by atoms with E-state index in [1.54, 1.807) is 24.6 Å². The maximum Gasteiger partial charge on any atom is 0.223 e. The molecule has 1 aliphatic rings. The molecule has 0 aliphatic heterocycles. The fraction of sp³-hybridized carbons (Fsp3) is 0.769. The molecule has 0 aromatic heterocycles. The van der Waals surface area contributed by atoms with Gasteiger partial charge in [-0.1, -0.05) is 11.6 Å². The highest BCUT2D eigenvalue weighted by molar-refractivity contribution is 5.76. The predicted octanol–water partition coefficient (Wildman–Crippen LogP) is 0.882. The number of rotatable bonds is 7. The average Bonchev–Trinajstić information content (AvgIpc) is 2.80. The summed E-state index contributed by atoms with van der Waals surface area (Å²) in [5.41, 5.74) is 7.22. The molecule has 98 valence electrons. The van der Waals surface area contributed by atoms with E-state index in [2.05, 4.69) is 11.4 Å². The van der Waals surface area contributed by atoms with E-state index in [-0.39, 0.29) is 11.9 Å². The molecule has 0 heterocycles. The lowest BCUT2D eigenvalue weighted by atomic mass is 10.1. The highest BCUT2D eigenvalue weighted by atomic mass is 16.2. The van der Waals surface area contributed by atoms with Crippen LogP contribution in [0.2, 0.25) is 0 Å². The lowest BCUT2D eigenvalue weighted by molar-refractivity contribution is -0.129. The van der Waals surface area contributed by atoms with Gasteiger partial charge in [0.1, 0.15) is 0 Å². The number of carbonyl (C=O) groups excluding carboxylic acids is 1. The van der Waals surface area contributed by atoms with E-state index in [1.165, 1.54) is 19.3 Å². The number of nitrogens with one attached hydrogen (secondary N) is 1. The molecule has 17 heavy (non-hydrogen) atoms. The van der Waals surface area contributed by atoms with Gasteiger partial charge >= 0.3 is 0 Å². The normalized spacial score (nSPS) is 16.8. The molecule has 0 aromatic rings. The van der Waals surface area contributed by atoms with Crippen LogP contribution in [0.3, 0.4) is 0 Å². The predicted molar refractivity (Wildman–Crippen MR) is 70.7 cm³/mol. The highest BCUT2D eigenvalue weighted by Crippen LogP contribution is 2.19. The van der Waals surface area contributed by atoms with Crippen LogP contribution in [0.15, 0.2) is 11.6 Å². The second kappa shape index (κ2) is 7.45. The van der Waals surface area contributed by atoms with Gasteiger partial charge in [0.25, 0.3) is 0 Å². The molecule has 4 nitrogen and oxygen atoms in total. The molecule has 0 spiro atoms. The molecular formula is C13H25N3O. The molecule has 0 bridgehead atoms. The Morgan fingerprint density at radius 2 is 2.35 bits per heavy atom. The molecule has 1 amide bonds. The number of nitrogens with two attached hydrogens (primary N) is 1. The van der Waals surface area contributed by atoms with Crippen molar-refractivity contribution in [3.63, 3.8) is 0 Å². The number of amides is 1. The van der Waals surface area contributed by atoms with Crippen LogP contribution in [0.4, 0.5) is 0 Å². The van der Waals surface area contributed by atoms with Crippen LogP contribution < -0.4 is 11.1 Å². The van der Waals surface area contributed by atoms with Crippen LogP contribution in [0.25, 0.3) is 0 Å². The first-order valence-electron chi connectivity index (χ1n) is 6.45. The lowest BCUT2D eigenvalue weighted by Crippen LogP contribution is -2.40. The van der Waals surface area contributed by atoms with E-state index in [1.807, 2.05) is 0 Å². The number of hydrogen-bond acceptors (Lipinski definition) is 3. The Labute approximate surface area is 104 Å².